The van der Waals surface area contributed by atoms with E-state index in [0.717, 1.165) is 32.8 Å². The SMILES string of the molecule is CN(C)S(=O)(=O)c1ccccc1NCCN1CCOCC1. The molecule has 118 valence electrons. The van der Waals surface area contributed by atoms with E-state index in [2.05, 4.69) is 10.2 Å². The lowest BCUT2D eigenvalue weighted by molar-refractivity contribution is 0.0398. The Hall–Kier alpha value is -1.15. The minimum atomic E-state index is -3.43. The molecule has 2 rings (SSSR count). The molecule has 1 fully saturated rings. The molecular formula is C14H23N3O3S. The van der Waals surface area contributed by atoms with Crippen molar-refractivity contribution < 1.29 is 13.2 Å². The van der Waals surface area contributed by atoms with Crippen molar-refractivity contribution in [3.8, 4) is 0 Å². The predicted octanol–water partition coefficient (Wildman–Crippen LogP) is 0.681. The molecule has 21 heavy (non-hydrogen) atoms. The molecule has 0 aromatic heterocycles. The zero-order valence-electron chi connectivity index (χ0n) is 12.6. The number of anilines is 1. The fourth-order valence-corrected chi connectivity index (χ4v) is 3.27. The van der Waals surface area contributed by atoms with Crippen molar-refractivity contribution in [1.29, 1.82) is 0 Å². The summed E-state index contributed by atoms with van der Waals surface area (Å²) in [5.41, 5.74) is 0.652. The Bertz CT molecular complexity index is 554. The number of morpholine rings is 1. The number of sulfonamides is 1. The number of benzene rings is 1. The first-order valence-corrected chi connectivity index (χ1v) is 8.51. The van der Waals surface area contributed by atoms with Gasteiger partial charge in [0.2, 0.25) is 10.0 Å². The van der Waals surface area contributed by atoms with Gasteiger partial charge in [-0.2, -0.15) is 0 Å². The summed E-state index contributed by atoms with van der Waals surface area (Å²) in [6.45, 7) is 4.98. The first kappa shape index (κ1) is 16.2. The molecule has 1 aliphatic rings. The van der Waals surface area contributed by atoms with E-state index < -0.39 is 10.0 Å². The van der Waals surface area contributed by atoms with E-state index >= 15 is 0 Å². The van der Waals surface area contributed by atoms with Gasteiger partial charge >= 0.3 is 0 Å². The number of hydrogen-bond donors (Lipinski definition) is 1. The summed E-state index contributed by atoms with van der Waals surface area (Å²) >= 11 is 0. The second-order valence-electron chi connectivity index (χ2n) is 5.16. The van der Waals surface area contributed by atoms with Gasteiger partial charge in [-0.05, 0) is 12.1 Å². The van der Waals surface area contributed by atoms with E-state index in [4.69, 9.17) is 4.74 Å². The Kier molecular flexibility index (Phi) is 5.58. The summed E-state index contributed by atoms with van der Waals surface area (Å²) in [4.78, 5) is 2.62. The van der Waals surface area contributed by atoms with Crippen molar-refractivity contribution in [2.24, 2.45) is 0 Å². The normalized spacial score (nSPS) is 17.1. The monoisotopic (exact) mass is 313 g/mol. The van der Waals surface area contributed by atoms with Gasteiger partial charge in [-0.25, -0.2) is 12.7 Å². The average molecular weight is 313 g/mol. The van der Waals surface area contributed by atoms with Crippen LogP contribution in [0.5, 0.6) is 0 Å². The van der Waals surface area contributed by atoms with Crippen molar-refractivity contribution in [3.05, 3.63) is 24.3 Å². The molecule has 0 aliphatic carbocycles. The topological polar surface area (TPSA) is 61.9 Å². The maximum atomic E-state index is 12.3. The Morgan fingerprint density at radius 1 is 1.24 bits per heavy atom. The van der Waals surface area contributed by atoms with Crippen LogP contribution in [0.4, 0.5) is 5.69 Å². The van der Waals surface area contributed by atoms with Crippen molar-refractivity contribution in [3.63, 3.8) is 0 Å². The van der Waals surface area contributed by atoms with Crippen LogP contribution in [-0.4, -0.2) is 71.1 Å². The van der Waals surface area contributed by atoms with Gasteiger partial charge in [-0.15, -0.1) is 0 Å². The highest BCUT2D eigenvalue weighted by Gasteiger charge is 2.20. The quantitative estimate of drug-likeness (QED) is 0.837. The van der Waals surface area contributed by atoms with Gasteiger partial charge in [-0.1, -0.05) is 12.1 Å². The molecule has 7 heteroatoms. The molecule has 1 aromatic rings. The standard InChI is InChI=1S/C14H23N3O3S/c1-16(2)21(18,19)14-6-4-3-5-13(14)15-7-8-17-9-11-20-12-10-17/h3-6,15H,7-12H2,1-2H3. The van der Waals surface area contributed by atoms with Gasteiger partial charge in [0.25, 0.3) is 0 Å². The van der Waals surface area contributed by atoms with Crippen LogP contribution in [0.25, 0.3) is 0 Å². The molecule has 0 spiro atoms. The minimum absolute atomic E-state index is 0.317. The van der Waals surface area contributed by atoms with Crippen LogP contribution < -0.4 is 5.32 Å². The van der Waals surface area contributed by atoms with Gasteiger partial charge in [-0.3, -0.25) is 4.90 Å². The molecule has 1 heterocycles. The highest BCUT2D eigenvalue weighted by Crippen LogP contribution is 2.22. The van der Waals surface area contributed by atoms with Crippen molar-refractivity contribution in [1.82, 2.24) is 9.21 Å². The van der Waals surface area contributed by atoms with Gasteiger partial charge in [0.1, 0.15) is 4.90 Å². The first-order chi connectivity index (χ1) is 10.0. The fourth-order valence-electron chi connectivity index (χ4n) is 2.21. The van der Waals surface area contributed by atoms with Crippen LogP contribution in [0.15, 0.2) is 29.2 Å². The van der Waals surface area contributed by atoms with Crippen LogP contribution in [-0.2, 0) is 14.8 Å². The Labute approximate surface area is 126 Å². The average Bonchev–Trinajstić information content (AvgIpc) is 2.48. The van der Waals surface area contributed by atoms with Gasteiger partial charge in [0.15, 0.2) is 0 Å². The molecule has 0 bridgehead atoms. The summed E-state index contributed by atoms with van der Waals surface area (Å²) in [7, 11) is -0.343. The zero-order chi connectivity index (χ0) is 15.3. The molecular weight excluding hydrogens is 290 g/mol. The molecule has 1 aliphatic heterocycles. The smallest absolute Gasteiger partial charge is 0.244 e. The number of rotatable bonds is 6. The Morgan fingerprint density at radius 2 is 1.90 bits per heavy atom. The lowest BCUT2D eigenvalue weighted by Gasteiger charge is -2.26. The highest BCUT2D eigenvalue weighted by molar-refractivity contribution is 7.89. The van der Waals surface area contributed by atoms with Gasteiger partial charge in [0.05, 0.1) is 18.9 Å². The third kappa shape index (κ3) is 4.16. The lowest BCUT2D eigenvalue weighted by atomic mass is 10.3. The Balaban J connectivity index is 2.00. The van der Waals surface area contributed by atoms with Crippen molar-refractivity contribution in [2.45, 2.75) is 4.90 Å². The van der Waals surface area contributed by atoms with E-state index in [1.165, 1.54) is 4.31 Å². The number of nitrogens with zero attached hydrogens (tertiary/aromatic N) is 2. The maximum Gasteiger partial charge on any atom is 0.244 e. The molecule has 0 unspecified atom stereocenters. The number of para-hydroxylation sites is 1. The molecule has 0 atom stereocenters. The molecule has 0 amide bonds. The molecule has 0 saturated carbocycles. The lowest BCUT2D eigenvalue weighted by Crippen LogP contribution is -2.39. The minimum Gasteiger partial charge on any atom is -0.383 e. The molecule has 1 aromatic carbocycles. The molecule has 0 radical (unpaired) electrons. The second kappa shape index (κ2) is 7.22. The first-order valence-electron chi connectivity index (χ1n) is 7.07. The molecule has 1 N–H and O–H groups in total. The third-order valence-corrected chi connectivity index (χ3v) is 5.37. The van der Waals surface area contributed by atoms with Crippen LogP contribution in [0.1, 0.15) is 0 Å². The van der Waals surface area contributed by atoms with E-state index in [1.807, 2.05) is 6.07 Å². The number of hydrogen-bond acceptors (Lipinski definition) is 5. The van der Waals surface area contributed by atoms with E-state index in [-0.39, 0.29) is 0 Å². The fraction of sp³-hybridized carbons (Fsp3) is 0.571. The van der Waals surface area contributed by atoms with Crippen LogP contribution >= 0.6 is 0 Å². The van der Waals surface area contributed by atoms with Crippen molar-refractivity contribution >= 4 is 15.7 Å². The van der Waals surface area contributed by atoms with Gasteiger partial charge < -0.3 is 10.1 Å². The maximum absolute atomic E-state index is 12.3. The number of nitrogens with one attached hydrogen (secondary N) is 1. The highest BCUT2D eigenvalue weighted by atomic mass is 32.2. The summed E-state index contributed by atoms with van der Waals surface area (Å²) in [6, 6.07) is 7.01. The largest absolute Gasteiger partial charge is 0.383 e. The summed E-state index contributed by atoms with van der Waals surface area (Å²) in [5, 5.41) is 3.23. The van der Waals surface area contributed by atoms with Gasteiger partial charge in [0, 0.05) is 40.3 Å². The van der Waals surface area contributed by atoms with E-state index in [0.29, 0.717) is 17.1 Å². The second-order valence-corrected chi connectivity index (χ2v) is 7.28. The van der Waals surface area contributed by atoms with E-state index in [9.17, 15) is 8.42 Å². The summed E-state index contributed by atoms with van der Waals surface area (Å²) < 4.78 is 31.1. The van der Waals surface area contributed by atoms with E-state index in [1.54, 1.807) is 32.3 Å². The predicted molar refractivity (Wildman–Crippen MR) is 83.1 cm³/mol. The zero-order valence-corrected chi connectivity index (χ0v) is 13.4. The van der Waals surface area contributed by atoms with Crippen LogP contribution in [0.2, 0.25) is 0 Å². The third-order valence-electron chi connectivity index (χ3n) is 3.49. The summed E-state index contributed by atoms with van der Waals surface area (Å²) in [5.74, 6) is 0. The van der Waals surface area contributed by atoms with Crippen molar-refractivity contribution in [2.75, 3.05) is 58.8 Å². The van der Waals surface area contributed by atoms with Crippen LogP contribution in [0.3, 0.4) is 0 Å². The van der Waals surface area contributed by atoms with Crippen LogP contribution in [0, 0.1) is 0 Å². The molecule has 6 nitrogen and oxygen atoms in total. The summed E-state index contributed by atoms with van der Waals surface area (Å²) in [6.07, 6.45) is 0. The molecule has 1 saturated heterocycles. The Morgan fingerprint density at radius 3 is 2.57 bits per heavy atom. The number of ether oxygens (including phenoxy) is 1.